The molecule has 0 bridgehead atoms. The summed E-state index contributed by atoms with van der Waals surface area (Å²) in [7, 11) is 0. The van der Waals surface area contributed by atoms with E-state index in [4.69, 9.17) is 0 Å². The molecule has 6 heteroatoms. The minimum Gasteiger partial charge on any atom is -0.371 e. The normalized spacial score (nSPS) is 15.9. The lowest BCUT2D eigenvalue weighted by Gasteiger charge is -2.21. The molecule has 2 aromatic carbocycles. The number of amides is 2. The molecule has 1 N–H and O–H groups in total. The largest absolute Gasteiger partial charge is 0.371 e. The molecule has 30 heavy (non-hydrogen) atoms. The quantitative estimate of drug-likeness (QED) is 0.770. The molecule has 4 rings (SSSR count). The fraction of sp³-hybridized carbons (Fsp3) is 0.375. The molecule has 0 aromatic heterocycles. The van der Waals surface area contributed by atoms with E-state index in [1.54, 1.807) is 0 Å². The molecular formula is C24H28N4O2. The van der Waals surface area contributed by atoms with Gasteiger partial charge in [0, 0.05) is 44.6 Å². The van der Waals surface area contributed by atoms with Gasteiger partial charge in [0.1, 0.15) is 0 Å². The van der Waals surface area contributed by atoms with Crippen LogP contribution in [0.2, 0.25) is 0 Å². The standard InChI is InChI=1S/C24H28N4O2/c29-23(25-18-20-10-4-5-11-22(20)27-15-6-7-16-27)12-13-24(30)28-17-14-21(26-28)19-8-2-1-3-9-19/h1-5,8-11H,6-7,12-18H2,(H,25,29). The summed E-state index contributed by atoms with van der Waals surface area (Å²) in [6, 6.07) is 18.1. The summed E-state index contributed by atoms with van der Waals surface area (Å²) >= 11 is 0. The fourth-order valence-corrected chi connectivity index (χ4v) is 4.03. The molecule has 0 saturated carbocycles. The van der Waals surface area contributed by atoms with Gasteiger partial charge < -0.3 is 10.2 Å². The van der Waals surface area contributed by atoms with Gasteiger partial charge >= 0.3 is 0 Å². The Morgan fingerprint density at radius 3 is 2.43 bits per heavy atom. The Balaban J connectivity index is 1.26. The molecule has 2 aliphatic heterocycles. The predicted octanol–water partition coefficient (Wildman–Crippen LogP) is 3.32. The Bertz CT molecular complexity index is 920. The summed E-state index contributed by atoms with van der Waals surface area (Å²) in [6.45, 7) is 3.20. The van der Waals surface area contributed by atoms with Crippen LogP contribution in [0.15, 0.2) is 59.7 Å². The van der Waals surface area contributed by atoms with E-state index in [0.29, 0.717) is 13.1 Å². The van der Waals surface area contributed by atoms with E-state index in [2.05, 4.69) is 27.5 Å². The lowest BCUT2D eigenvalue weighted by atomic mass is 10.1. The topological polar surface area (TPSA) is 65.0 Å². The molecule has 0 atom stereocenters. The molecule has 0 unspecified atom stereocenters. The first-order chi connectivity index (χ1) is 14.7. The van der Waals surface area contributed by atoms with Crippen LogP contribution in [0.5, 0.6) is 0 Å². The summed E-state index contributed by atoms with van der Waals surface area (Å²) in [5.41, 5.74) is 4.29. The number of para-hydroxylation sites is 1. The monoisotopic (exact) mass is 404 g/mol. The van der Waals surface area contributed by atoms with E-state index in [1.165, 1.54) is 23.5 Å². The Hall–Kier alpha value is -3.15. The second kappa shape index (κ2) is 9.57. The van der Waals surface area contributed by atoms with Crippen molar-refractivity contribution < 1.29 is 9.59 Å². The van der Waals surface area contributed by atoms with Gasteiger partial charge in [-0.25, -0.2) is 5.01 Å². The van der Waals surface area contributed by atoms with Gasteiger partial charge in [0.05, 0.1) is 12.3 Å². The summed E-state index contributed by atoms with van der Waals surface area (Å²) in [6.07, 6.45) is 3.53. The molecule has 2 aromatic rings. The van der Waals surface area contributed by atoms with Crippen LogP contribution in [0.25, 0.3) is 0 Å². The molecule has 1 saturated heterocycles. The zero-order chi connectivity index (χ0) is 20.8. The van der Waals surface area contributed by atoms with Crippen molar-refractivity contribution in [1.82, 2.24) is 10.3 Å². The van der Waals surface area contributed by atoms with Crippen LogP contribution < -0.4 is 10.2 Å². The second-order valence-electron chi connectivity index (χ2n) is 7.78. The molecule has 1 fully saturated rings. The number of hydrogen-bond acceptors (Lipinski definition) is 4. The third kappa shape index (κ3) is 4.87. The minimum atomic E-state index is -0.106. The van der Waals surface area contributed by atoms with Crippen molar-refractivity contribution in [2.75, 3.05) is 24.5 Å². The minimum absolute atomic E-state index is 0.103. The average Bonchev–Trinajstić information content (AvgIpc) is 3.49. The first kappa shape index (κ1) is 20.1. The highest BCUT2D eigenvalue weighted by atomic mass is 16.2. The third-order valence-corrected chi connectivity index (χ3v) is 5.68. The Morgan fingerprint density at radius 2 is 1.63 bits per heavy atom. The number of nitrogens with one attached hydrogen (secondary N) is 1. The number of carbonyl (C=O) groups is 2. The van der Waals surface area contributed by atoms with Crippen molar-refractivity contribution in [1.29, 1.82) is 0 Å². The van der Waals surface area contributed by atoms with Gasteiger partial charge in [-0.05, 0) is 30.0 Å². The maximum absolute atomic E-state index is 12.5. The van der Waals surface area contributed by atoms with E-state index in [0.717, 1.165) is 36.3 Å². The van der Waals surface area contributed by atoms with Gasteiger partial charge in [-0.1, -0.05) is 48.5 Å². The Labute approximate surface area is 177 Å². The highest BCUT2D eigenvalue weighted by Crippen LogP contribution is 2.24. The zero-order valence-corrected chi connectivity index (χ0v) is 17.2. The number of hydrazone groups is 1. The SMILES string of the molecule is O=C(CCC(=O)N1CCC(c2ccccc2)=N1)NCc1ccccc1N1CCCC1. The molecule has 2 aliphatic rings. The van der Waals surface area contributed by atoms with Crippen molar-refractivity contribution in [2.45, 2.75) is 38.6 Å². The van der Waals surface area contributed by atoms with E-state index in [1.807, 2.05) is 42.5 Å². The molecular weight excluding hydrogens is 376 g/mol. The van der Waals surface area contributed by atoms with E-state index < -0.39 is 0 Å². The maximum Gasteiger partial charge on any atom is 0.243 e. The Kier molecular flexibility index (Phi) is 6.42. The van der Waals surface area contributed by atoms with E-state index in [9.17, 15) is 9.59 Å². The first-order valence-electron chi connectivity index (χ1n) is 10.7. The number of rotatable bonds is 7. The molecule has 6 nitrogen and oxygen atoms in total. The highest BCUT2D eigenvalue weighted by molar-refractivity contribution is 6.02. The lowest BCUT2D eigenvalue weighted by molar-refractivity contribution is -0.133. The maximum atomic E-state index is 12.5. The predicted molar refractivity (Wildman–Crippen MR) is 118 cm³/mol. The number of hydrogen-bond donors (Lipinski definition) is 1. The fourth-order valence-electron chi connectivity index (χ4n) is 4.03. The van der Waals surface area contributed by atoms with Crippen LogP contribution in [0.4, 0.5) is 5.69 Å². The zero-order valence-electron chi connectivity index (χ0n) is 17.2. The van der Waals surface area contributed by atoms with Gasteiger partial charge in [0.2, 0.25) is 11.8 Å². The van der Waals surface area contributed by atoms with Gasteiger partial charge in [-0.3, -0.25) is 9.59 Å². The summed E-state index contributed by atoms with van der Waals surface area (Å²) in [5, 5.41) is 8.92. The van der Waals surface area contributed by atoms with Crippen molar-refractivity contribution in [2.24, 2.45) is 5.10 Å². The van der Waals surface area contributed by atoms with Crippen molar-refractivity contribution in [3.8, 4) is 0 Å². The van der Waals surface area contributed by atoms with E-state index >= 15 is 0 Å². The van der Waals surface area contributed by atoms with E-state index in [-0.39, 0.29) is 24.7 Å². The number of anilines is 1. The summed E-state index contributed by atoms with van der Waals surface area (Å²) in [4.78, 5) is 27.2. The smallest absolute Gasteiger partial charge is 0.243 e. The molecule has 2 heterocycles. The molecule has 0 aliphatic carbocycles. The molecule has 0 radical (unpaired) electrons. The number of benzene rings is 2. The molecule has 156 valence electrons. The van der Waals surface area contributed by atoms with Gasteiger partial charge in [0.15, 0.2) is 0 Å². The lowest BCUT2D eigenvalue weighted by Crippen LogP contribution is -2.28. The average molecular weight is 405 g/mol. The van der Waals surface area contributed by atoms with Crippen LogP contribution >= 0.6 is 0 Å². The molecule has 2 amide bonds. The third-order valence-electron chi connectivity index (χ3n) is 5.68. The Morgan fingerprint density at radius 1 is 0.900 bits per heavy atom. The van der Waals surface area contributed by atoms with Gasteiger partial charge in [0.25, 0.3) is 0 Å². The summed E-state index contributed by atoms with van der Waals surface area (Å²) < 4.78 is 0. The number of nitrogens with zero attached hydrogens (tertiary/aromatic N) is 3. The van der Waals surface area contributed by atoms with Crippen LogP contribution in [-0.2, 0) is 16.1 Å². The van der Waals surface area contributed by atoms with Crippen LogP contribution in [0.3, 0.4) is 0 Å². The molecule has 0 spiro atoms. The van der Waals surface area contributed by atoms with Crippen molar-refractivity contribution in [3.05, 3.63) is 65.7 Å². The van der Waals surface area contributed by atoms with Crippen LogP contribution in [0, 0.1) is 0 Å². The summed E-state index contributed by atoms with van der Waals surface area (Å²) in [5.74, 6) is -0.209. The first-order valence-corrected chi connectivity index (χ1v) is 10.7. The number of carbonyl (C=O) groups excluding carboxylic acids is 2. The highest BCUT2D eigenvalue weighted by Gasteiger charge is 2.22. The van der Waals surface area contributed by atoms with Gasteiger partial charge in [-0.15, -0.1) is 0 Å². The van der Waals surface area contributed by atoms with Crippen LogP contribution in [-0.4, -0.2) is 42.2 Å². The van der Waals surface area contributed by atoms with Crippen molar-refractivity contribution >= 4 is 23.2 Å². The van der Waals surface area contributed by atoms with Crippen molar-refractivity contribution in [3.63, 3.8) is 0 Å². The second-order valence-corrected chi connectivity index (χ2v) is 7.78. The van der Waals surface area contributed by atoms with Crippen LogP contribution in [0.1, 0.15) is 43.2 Å². The van der Waals surface area contributed by atoms with Gasteiger partial charge in [-0.2, -0.15) is 5.10 Å².